The van der Waals surface area contributed by atoms with Crippen LogP contribution in [0, 0.1) is 6.92 Å². The van der Waals surface area contributed by atoms with Crippen molar-refractivity contribution in [1.82, 2.24) is 9.88 Å². The van der Waals surface area contributed by atoms with Gasteiger partial charge in [0.25, 0.3) is 0 Å². The number of likely N-dealkylation sites (N-methyl/N-ethyl adjacent to an activating group) is 1. The molecule has 1 aliphatic rings. The number of rotatable bonds is 4. The summed E-state index contributed by atoms with van der Waals surface area (Å²) in [5.74, 6) is 1.26. The molecule has 1 aromatic heterocycles. The van der Waals surface area contributed by atoms with Crippen molar-refractivity contribution < 1.29 is 9.47 Å². The first-order valence-electron chi connectivity index (χ1n) is 9.24. The van der Waals surface area contributed by atoms with Gasteiger partial charge < -0.3 is 14.5 Å². The minimum Gasteiger partial charge on any atom is -0.493 e. The number of methoxy groups -OCH3 is 2. The minimum absolute atomic E-state index is 0. The van der Waals surface area contributed by atoms with Gasteiger partial charge in [0.2, 0.25) is 0 Å². The molecule has 1 N–H and O–H groups in total. The first-order valence-corrected chi connectivity index (χ1v) is 9.62. The highest BCUT2D eigenvalue weighted by Crippen LogP contribution is 2.41. The predicted molar refractivity (Wildman–Crippen MR) is 118 cm³/mol. The van der Waals surface area contributed by atoms with Crippen LogP contribution in [0.25, 0.3) is 10.9 Å². The highest BCUT2D eigenvalue weighted by atomic mass is 35.5. The van der Waals surface area contributed by atoms with E-state index in [2.05, 4.69) is 42.1 Å². The van der Waals surface area contributed by atoms with Gasteiger partial charge >= 0.3 is 0 Å². The molecule has 0 aliphatic carbocycles. The van der Waals surface area contributed by atoms with Crippen LogP contribution in [0.3, 0.4) is 0 Å². The number of ether oxygens (including phenoxy) is 2. The van der Waals surface area contributed by atoms with Crippen LogP contribution in [-0.2, 0) is 12.8 Å². The van der Waals surface area contributed by atoms with E-state index < -0.39 is 0 Å². The molecule has 0 saturated heterocycles. The molecule has 4 rings (SSSR count). The third-order valence-electron chi connectivity index (χ3n) is 5.65. The number of benzene rings is 2. The van der Waals surface area contributed by atoms with E-state index in [0.717, 1.165) is 24.9 Å². The summed E-state index contributed by atoms with van der Waals surface area (Å²) < 4.78 is 10.8. The Morgan fingerprint density at radius 1 is 1.18 bits per heavy atom. The van der Waals surface area contributed by atoms with Gasteiger partial charge in [0, 0.05) is 23.1 Å². The maximum Gasteiger partial charge on any atom is 0.179 e. The number of halogens is 2. The molecule has 2 aromatic carbocycles. The zero-order chi connectivity index (χ0) is 19.1. The third-order valence-corrected chi connectivity index (χ3v) is 6.07. The van der Waals surface area contributed by atoms with Crippen LogP contribution >= 0.6 is 24.0 Å². The van der Waals surface area contributed by atoms with Gasteiger partial charge in [0.15, 0.2) is 11.5 Å². The molecule has 1 atom stereocenters. The summed E-state index contributed by atoms with van der Waals surface area (Å²) in [5, 5.41) is 1.98. The maximum absolute atomic E-state index is 6.65. The molecule has 0 radical (unpaired) electrons. The fraction of sp³-hybridized carbons (Fsp3) is 0.364. The summed E-state index contributed by atoms with van der Waals surface area (Å²) in [6.45, 7) is 3.18. The van der Waals surface area contributed by atoms with E-state index in [1.807, 2.05) is 12.1 Å². The quantitative estimate of drug-likeness (QED) is 0.618. The zero-order valence-electron chi connectivity index (χ0n) is 16.6. The molecule has 0 bridgehead atoms. The van der Waals surface area contributed by atoms with Crippen molar-refractivity contribution in [3.63, 3.8) is 0 Å². The van der Waals surface area contributed by atoms with Crippen LogP contribution in [-0.4, -0.2) is 37.7 Å². The second-order valence-corrected chi connectivity index (χ2v) is 7.67. The van der Waals surface area contributed by atoms with Gasteiger partial charge in [-0.05, 0) is 56.1 Å². The standard InChI is InChI=1S/C22H25ClN2O2.ClH/c1-13-5-7-17-16(11-13)15-9-10-25(2)18(21(15)24-17)12-14-6-8-19(26-3)22(27-4)20(14)23;/h5-8,11,18,24H,9-10,12H2,1-4H3;1H. The molecule has 0 spiro atoms. The van der Waals surface area contributed by atoms with Crippen molar-refractivity contribution in [1.29, 1.82) is 0 Å². The number of hydrogen-bond acceptors (Lipinski definition) is 3. The fourth-order valence-electron chi connectivity index (χ4n) is 4.15. The smallest absolute Gasteiger partial charge is 0.179 e. The Labute approximate surface area is 177 Å². The lowest BCUT2D eigenvalue weighted by Gasteiger charge is -2.33. The van der Waals surface area contributed by atoms with Crippen molar-refractivity contribution in [2.24, 2.45) is 0 Å². The average molecular weight is 421 g/mol. The SMILES string of the molecule is COc1ccc(CC2c3[nH]c4ccc(C)cc4c3CCN2C)c(Cl)c1OC.Cl. The molecule has 3 aromatic rings. The summed E-state index contributed by atoms with van der Waals surface area (Å²) in [6, 6.07) is 10.8. The van der Waals surface area contributed by atoms with Gasteiger partial charge in [-0.2, -0.15) is 0 Å². The maximum atomic E-state index is 6.65. The van der Waals surface area contributed by atoms with E-state index in [1.54, 1.807) is 14.2 Å². The van der Waals surface area contributed by atoms with Gasteiger partial charge in [0.1, 0.15) is 0 Å². The zero-order valence-corrected chi connectivity index (χ0v) is 18.2. The molecular formula is C22H26Cl2N2O2. The summed E-state index contributed by atoms with van der Waals surface area (Å²) >= 11 is 6.65. The number of aromatic nitrogens is 1. The first-order chi connectivity index (χ1) is 13.0. The Morgan fingerprint density at radius 3 is 2.68 bits per heavy atom. The van der Waals surface area contributed by atoms with Gasteiger partial charge in [-0.15, -0.1) is 12.4 Å². The number of H-pyrrole nitrogens is 1. The Morgan fingerprint density at radius 2 is 1.96 bits per heavy atom. The average Bonchev–Trinajstić information content (AvgIpc) is 3.03. The fourth-order valence-corrected chi connectivity index (χ4v) is 4.46. The van der Waals surface area contributed by atoms with Crippen molar-refractivity contribution in [3.8, 4) is 11.5 Å². The van der Waals surface area contributed by atoms with Gasteiger partial charge in [0.05, 0.1) is 25.3 Å². The molecular weight excluding hydrogens is 395 g/mol. The van der Waals surface area contributed by atoms with Crippen LogP contribution in [0.5, 0.6) is 11.5 Å². The third kappa shape index (κ3) is 3.45. The highest BCUT2D eigenvalue weighted by Gasteiger charge is 2.29. The molecule has 6 heteroatoms. The van der Waals surface area contributed by atoms with Crippen LogP contribution < -0.4 is 9.47 Å². The van der Waals surface area contributed by atoms with Crippen LogP contribution in [0.2, 0.25) is 5.02 Å². The molecule has 1 aliphatic heterocycles. The number of aryl methyl sites for hydroxylation is 1. The van der Waals surface area contributed by atoms with Crippen molar-refractivity contribution >= 4 is 34.9 Å². The molecule has 150 valence electrons. The molecule has 2 heterocycles. The second-order valence-electron chi connectivity index (χ2n) is 7.29. The first kappa shape index (κ1) is 20.8. The number of nitrogens with zero attached hydrogens (tertiary/aromatic N) is 1. The van der Waals surface area contributed by atoms with Crippen LogP contribution in [0.1, 0.15) is 28.4 Å². The van der Waals surface area contributed by atoms with Crippen LogP contribution in [0.15, 0.2) is 30.3 Å². The molecule has 0 amide bonds. The van der Waals surface area contributed by atoms with Crippen LogP contribution in [0.4, 0.5) is 0 Å². The Kier molecular flexibility index (Phi) is 6.13. The van der Waals surface area contributed by atoms with Crippen molar-refractivity contribution in [2.75, 3.05) is 27.8 Å². The lowest BCUT2D eigenvalue weighted by molar-refractivity contribution is 0.226. The van der Waals surface area contributed by atoms with E-state index in [0.29, 0.717) is 16.5 Å². The van der Waals surface area contributed by atoms with Crippen molar-refractivity contribution in [2.45, 2.75) is 25.8 Å². The topological polar surface area (TPSA) is 37.5 Å². The Balaban J connectivity index is 0.00000225. The number of fused-ring (bicyclic) bond motifs is 3. The van der Waals surface area contributed by atoms with E-state index in [4.69, 9.17) is 21.1 Å². The van der Waals surface area contributed by atoms with E-state index >= 15 is 0 Å². The number of nitrogens with one attached hydrogen (secondary N) is 1. The van der Waals surface area contributed by atoms with Crippen molar-refractivity contribution in [3.05, 3.63) is 57.7 Å². The molecule has 4 nitrogen and oxygen atoms in total. The normalized spacial score (nSPS) is 16.5. The Bertz CT molecular complexity index is 1000. The lowest BCUT2D eigenvalue weighted by Crippen LogP contribution is -2.33. The molecule has 1 unspecified atom stereocenters. The Hall–Kier alpha value is -1.88. The van der Waals surface area contributed by atoms with Gasteiger partial charge in [-0.1, -0.05) is 29.3 Å². The summed E-state index contributed by atoms with van der Waals surface area (Å²) in [7, 11) is 5.43. The largest absolute Gasteiger partial charge is 0.493 e. The monoisotopic (exact) mass is 420 g/mol. The van der Waals surface area contributed by atoms with Gasteiger partial charge in [-0.25, -0.2) is 0 Å². The number of aromatic amines is 1. The minimum atomic E-state index is 0. The second kappa shape index (κ2) is 8.24. The molecule has 28 heavy (non-hydrogen) atoms. The predicted octanol–water partition coefficient (Wildman–Crippen LogP) is 5.34. The van der Waals surface area contributed by atoms with E-state index in [9.17, 15) is 0 Å². The van der Waals surface area contributed by atoms with E-state index in [1.165, 1.54) is 27.7 Å². The van der Waals surface area contributed by atoms with E-state index in [-0.39, 0.29) is 18.4 Å². The summed E-state index contributed by atoms with van der Waals surface area (Å²) in [5.41, 5.74) is 6.31. The summed E-state index contributed by atoms with van der Waals surface area (Å²) in [6.07, 6.45) is 1.87. The molecule has 0 fully saturated rings. The summed E-state index contributed by atoms with van der Waals surface area (Å²) in [4.78, 5) is 6.07. The number of hydrogen-bond donors (Lipinski definition) is 1. The van der Waals surface area contributed by atoms with Gasteiger partial charge in [-0.3, -0.25) is 4.90 Å². The molecule has 0 saturated carbocycles. The highest BCUT2D eigenvalue weighted by molar-refractivity contribution is 6.33. The lowest BCUT2D eigenvalue weighted by atomic mass is 9.93.